The van der Waals surface area contributed by atoms with Crippen LogP contribution < -0.4 is 16.2 Å². The van der Waals surface area contributed by atoms with E-state index in [1.165, 1.54) is 25.3 Å². The molecule has 1 aromatic rings. The zero-order valence-corrected chi connectivity index (χ0v) is 9.36. The smallest absolute Gasteiger partial charge is 0.260 e. The van der Waals surface area contributed by atoms with Crippen LogP contribution in [0.1, 0.15) is 6.92 Å². The highest BCUT2D eigenvalue weighted by Gasteiger charge is 2.23. The molecule has 0 fully saturated rings. The topological polar surface area (TPSA) is 128 Å². The Balaban J connectivity index is 3.04. The lowest BCUT2D eigenvalue weighted by atomic mass is 10.4. The molecular formula is C8H12N4O3S. The van der Waals surface area contributed by atoms with Gasteiger partial charge in [-0.2, -0.15) is 4.72 Å². The van der Waals surface area contributed by atoms with E-state index in [1.54, 1.807) is 0 Å². The lowest BCUT2D eigenvalue weighted by Crippen LogP contribution is -2.42. The van der Waals surface area contributed by atoms with Crippen molar-refractivity contribution >= 4 is 21.6 Å². The second-order valence-electron chi connectivity index (χ2n) is 3.14. The van der Waals surface area contributed by atoms with E-state index in [9.17, 15) is 13.2 Å². The highest BCUT2D eigenvalue weighted by atomic mass is 32.2. The summed E-state index contributed by atoms with van der Waals surface area (Å²) < 4.78 is 25.5. The van der Waals surface area contributed by atoms with E-state index in [0.29, 0.717) is 0 Å². The van der Waals surface area contributed by atoms with E-state index in [4.69, 9.17) is 11.5 Å². The predicted octanol–water partition coefficient (Wildman–Crippen LogP) is -1.18. The molecule has 1 heterocycles. The average Bonchev–Trinajstić information content (AvgIpc) is 2.17. The van der Waals surface area contributed by atoms with Crippen LogP contribution in [0.15, 0.2) is 23.4 Å². The largest absolute Gasteiger partial charge is 0.396 e. The van der Waals surface area contributed by atoms with Crippen LogP contribution in [0, 0.1) is 0 Å². The Hall–Kier alpha value is -1.67. The third-order valence-corrected chi connectivity index (χ3v) is 3.33. The molecule has 1 atom stereocenters. The molecule has 0 aliphatic rings. The molecule has 1 aromatic heterocycles. The van der Waals surface area contributed by atoms with Crippen LogP contribution in [-0.2, 0) is 14.8 Å². The van der Waals surface area contributed by atoms with Crippen LogP contribution in [0.25, 0.3) is 0 Å². The Kier molecular flexibility index (Phi) is 3.45. The molecule has 0 radical (unpaired) electrons. The number of anilines is 1. The number of nitrogens with two attached hydrogens (primary N) is 2. The summed E-state index contributed by atoms with van der Waals surface area (Å²) in [6.07, 6.45) is 1.29. The first-order valence-corrected chi connectivity index (χ1v) is 5.85. The van der Waals surface area contributed by atoms with Crippen LogP contribution >= 0.6 is 0 Å². The van der Waals surface area contributed by atoms with Gasteiger partial charge in [0.1, 0.15) is 0 Å². The maximum absolute atomic E-state index is 11.7. The Morgan fingerprint density at radius 3 is 2.69 bits per heavy atom. The normalized spacial score (nSPS) is 13.3. The Morgan fingerprint density at radius 1 is 1.56 bits per heavy atom. The Bertz CT molecular complexity index is 500. The number of pyridine rings is 1. The molecule has 0 spiro atoms. The number of rotatable bonds is 4. The highest BCUT2D eigenvalue weighted by molar-refractivity contribution is 7.89. The van der Waals surface area contributed by atoms with Crippen molar-refractivity contribution in [2.24, 2.45) is 5.73 Å². The van der Waals surface area contributed by atoms with Gasteiger partial charge in [0, 0.05) is 6.20 Å². The second-order valence-corrected chi connectivity index (χ2v) is 4.77. The molecule has 0 bridgehead atoms. The van der Waals surface area contributed by atoms with Gasteiger partial charge < -0.3 is 11.5 Å². The van der Waals surface area contributed by atoms with Crippen molar-refractivity contribution in [1.29, 1.82) is 0 Å². The summed E-state index contributed by atoms with van der Waals surface area (Å²) in [7, 11) is -3.92. The zero-order chi connectivity index (χ0) is 12.3. The van der Waals surface area contributed by atoms with Crippen molar-refractivity contribution in [2.75, 3.05) is 5.73 Å². The quantitative estimate of drug-likeness (QED) is 0.613. The van der Waals surface area contributed by atoms with E-state index in [1.807, 2.05) is 0 Å². The third kappa shape index (κ3) is 2.67. The molecular weight excluding hydrogens is 232 g/mol. The van der Waals surface area contributed by atoms with Gasteiger partial charge in [-0.1, -0.05) is 0 Å². The van der Waals surface area contributed by atoms with Crippen molar-refractivity contribution < 1.29 is 13.2 Å². The van der Waals surface area contributed by atoms with E-state index in [0.717, 1.165) is 0 Å². The first-order chi connectivity index (χ1) is 7.34. The van der Waals surface area contributed by atoms with Gasteiger partial charge in [0.15, 0.2) is 5.03 Å². The molecule has 1 amide bonds. The number of carbonyl (C=O) groups excluding carboxylic acids is 1. The molecule has 0 aromatic carbocycles. The minimum absolute atomic E-state index is 0.00618. The molecule has 0 aliphatic carbocycles. The fourth-order valence-electron chi connectivity index (χ4n) is 0.974. The number of sulfonamides is 1. The van der Waals surface area contributed by atoms with Gasteiger partial charge in [-0.05, 0) is 19.1 Å². The van der Waals surface area contributed by atoms with Gasteiger partial charge in [0.05, 0.1) is 11.7 Å². The van der Waals surface area contributed by atoms with Crippen LogP contribution in [0.4, 0.5) is 5.69 Å². The van der Waals surface area contributed by atoms with Gasteiger partial charge in [0.25, 0.3) is 10.0 Å². The van der Waals surface area contributed by atoms with Crippen molar-refractivity contribution in [3.05, 3.63) is 18.3 Å². The van der Waals surface area contributed by atoms with Crippen molar-refractivity contribution in [1.82, 2.24) is 9.71 Å². The molecule has 8 heteroatoms. The number of nitrogens with zero attached hydrogens (tertiary/aromatic N) is 1. The monoisotopic (exact) mass is 244 g/mol. The number of aromatic nitrogens is 1. The molecule has 0 saturated carbocycles. The van der Waals surface area contributed by atoms with Crippen LogP contribution in [-0.4, -0.2) is 25.4 Å². The van der Waals surface area contributed by atoms with Crippen molar-refractivity contribution in [2.45, 2.75) is 18.0 Å². The summed E-state index contributed by atoms with van der Waals surface area (Å²) in [5, 5.41) is -0.317. The molecule has 1 rings (SSSR count). The predicted molar refractivity (Wildman–Crippen MR) is 57.6 cm³/mol. The van der Waals surface area contributed by atoms with Crippen molar-refractivity contribution in [3.63, 3.8) is 0 Å². The summed E-state index contributed by atoms with van der Waals surface area (Å²) in [6.45, 7) is 1.33. The highest BCUT2D eigenvalue weighted by Crippen LogP contribution is 2.13. The van der Waals surface area contributed by atoms with Gasteiger partial charge in [0.2, 0.25) is 5.91 Å². The molecule has 88 valence electrons. The fraction of sp³-hybridized carbons (Fsp3) is 0.250. The number of nitrogens with one attached hydrogen (secondary N) is 1. The Morgan fingerprint density at radius 2 is 2.19 bits per heavy atom. The van der Waals surface area contributed by atoms with E-state index in [2.05, 4.69) is 9.71 Å². The fourth-order valence-corrected chi connectivity index (χ4v) is 2.25. The van der Waals surface area contributed by atoms with Crippen LogP contribution in [0.2, 0.25) is 0 Å². The first-order valence-electron chi connectivity index (χ1n) is 4.36. The molecule has 16 heavy (non-hydrogen) atoms. The van der Waals surface area contributed by atoms with Gasteiger partial charge >= 0.3 is 0 Å². The van der Waals surface area contributed by atoms with Crippen molar-refractivity contribution in [3.8, 4) is 0 Å². The lowest BCUT2D eigenvalue weighted by molar-refractivity contribution is -0.119. The summed E-state index contributed by atoms with van der Waals surface area (Å²) >= 11 is 0. The first kappa shape index (κ1) is 12.4. The zero-order valence-electron chi connectivity index (χ0n) is 8.54. The second kappa shape index (κ2) is 4.45. The lowest BCUT2D eigenvalue weighted by Gasteiger charge is -2.11. The summed E-state index contributed by atoms with van der Waals surface area (Å²) in [5.41, 5.74) is 10.4. The Labute approximate surface area is 92.9 Å². The summed E-state index contributed by atoms with van der Waals surface area (Å²) in [6, 6.07) is 1.88. The number of primary amides is 1. The standard InChI is InChI=1S/C8H12N4O3S/c1-5(7(10)13)12-16(14,15)8-6(9)3-2-4-11-8/h2-5,12H,9H2,1H3,(H2,10,13). The molecule has 0 aliphatic heterocycles. The van der Waals surface area contributed by atoms with Gasteiger partial charge in [-0.3, -0.25) is 4.79 Å². The average molecular weight is 244 g/mol. The number of hydrogen-bond acceptors (Lipinski definition) is 5. The molecule has 0 saturated heterocycles. The van der Waals surface area contributed by atoms with Crippen LogP contribution in [0.3, 0.4) is 0 Å². The SMILES string of the molecule is CC(NS(=O)(=O)c1ncccc1N)C(N)=O. The molecule has 7 nitrogen and oxygen atoms in total. The van der Waals surface area contributed by atoms with E-state index < -0.39 is 22.0 Å². The summed E-state index contributed by atoms with van der Waals surface area (Å²) in [4.78, 5) is 14.4. The van der Waals surface area contributed by atoms with Gasteiger partial charge in [-0.15, -0.1) is 0 Å². The number of hydrogen-bond donors (Lipinski definition) is 3. The van der Waals surface area contributed by atoms with E-state index >= 15 is 0 Å². The maximum atomic E-state index is 11.7. The van der Waals surface area contributed by atoms with Crippen LogP contribution in [0.5, 0.6) is 0 Å². The number of amides is 1. The minimum atomic E-state index is -3.92. The number of nitrogen functional groups attached to an aromatic ring is 1. The van der Waals surface area contributed by atoms with Gasteiger partial charge in [-0.25, -0.2) is 13.4 Å². The van der Waals surface area contributed by atoms with E-state index in [-0.39, 0.29) is 10.7 Å². The molecule has 5 N–H and O–H groups in total. The maximum Gasteiger partial charge on any atom is 0.260 e. The summed E-state index contributed by atoms with van der Waals surface area (Å²) in [5.74, 6) is -0.780. The third-order valence-electron chi connectivity index (χ3n) is 1.81. The number of carbonyl (C=O) groups is 1. The molecule has 1 unspecified atom stereocenters. The minimum Gasteiger partial charge on any atom is -0.396 e.